The van der Waals surface area contributed by atoms with Crippen molar-refractivity contribution < 1.29 is 5.11 Å². The lowest BCUT2D eigenvalue weighted by atomic mass is 10.2. The SMILES string of the molecule is Cc1cc(CO)c(C)n1-c1ccc(Br)cc1. The number of aliphatic hydroxyl groups excluding tert-OH is 1. The Morgan fingerprint density at radius 1 is 1.19 bits per heavy atom. The Balaban J connectivity index is 2.55. The van der Waals surface area contributed by atoms with Crippen LogP contribution in [-0.4, -0.2) is 9.67 Å². The van der Waals surface area contributed by atoms with E-state index in [4.69, 9.17) is 0 Å². The second-order valence-electron chi connectivity index (χ2n) is 3.87. The van der Waals surface area contributed by atoms with Gasteiger partial charge in [-0.25, -0.2) is 0 Å². The highest BCUT2D eigenvalue weighted by Gasteiger charge is 2.09. The number of benzene rings is 1. The molecule has 0 fully saturated rings. The molecule has 0 spiro atoms. The number of rotatable bonds is 2. The summed E-state index contributed by atoms with van der Waals surface area (Å²) in [5.74, 6) is 0. The zero-order valence-corrected chi connectivity index (χ0v) is 11.0. The van der Waals surface area contributed by atoms with Crippen LogP contribution in [0.2, 0.25) is 0 Å². The number of aryl methyl sites for hydroxylation is 1. The number of aromatic nitrogens is 1. The molecule has 0 aliphatic rings. The van der Waals surface area contributed by atoms with Gasteiger partial charge in [0, 0.05) is 21.5 Å². The highest BCUT2D eigenvalue weighted by molar-refractivity contribution is 9.10. The Morgan fingerprint density at radius 3 is 2.31 bits per heavy atom. The van der Waals surface area contributed by atoms with E-state index in [2.05, 4.69) is 32.6 Å². The van der Waals surface area contributed by atoms with Gasteiger partial charge in [-0.2, -0.15) is 0 Å². The third kappa shape index (κ3) is 1.93. The van der Waals surface area contributed by atoms with E-state index < -0.39 is 0 Å². The molecular weight excluding hydrogens is 266 g/mol. The largest absolute Gasteiger partial charge is 0.392 e. The number of aliphatic hydroxyl groups is 1. The van der Waals surface area contributed by atoms with Gasteiger partial charge < -0.3 is 9.67 Å². The quantitative estimate of drug-likeness (QED) is 0.896. The van der Waals surface area contributed by atoms with Crippen LogP contribution in [0.4, 0.5) is 0 Å². The Bertz CT molecular complexity index is 499. The summed E-state index contributed by atoms with van der Waals surface area (Å²) in [5, 5.41) is 9.23. The van der Waals surface area contributed by atoms with Crippen molar-refractivity contribution in [2.24, 2.45) is 0 Å². The molecule has 0 saturated carbocycles. The van der Waals surface area contributed by atoms with Gasteiger partial charge in [0.25, 0.3) is 0 Å². The van der Waals surface area contributed by atoms with E-state index >= 15 is 0 Å². The molecule has 0 saturated heterocycles. The average molecular weight is 280 g/mol. The predicted octanol–water partition coefficient (Wildman–Crippen LogP) is 3.35. The van der Waals surface area contributed by atoms with Gasteiger partial charge in [-0.3, -0.25) is 0 Å². The maximum absolute atomic E-state index is 9.23. The summed E-state index contributed by atoms with van der Waals surface area (Å²) in [6, 6.07) is 10.2. The highest BCUT2D eigenvalue weighted by Crippen LogP contribution is 2.22. The van der Waals surface area contributed by atoms with E-state index in [1.54, 1.807) is 0 Å². The molecule has 1 N–H and O–H groups in total. The molecule has 2 aromatic rings. The van der Waals surface area contributed by atoms with Gasteiger partial charge in [-0.1, -0.05) is 15.9 Å². The maximum Gasteiger partial charge on any atom is 0.0699 e. The van der Waals surface area contributed by atoms with Crippen molar-refractivity contribution in [3.8, 4) is 5.69 Å². The van der Waals surface area contributed by atoms with E-state index in [0.29, 0.717) is 0 Å². The lowest BCUT2D eigenvalue weighted by molar-refractivity contribution is 0.281. The van der Waals surface area contributed by atoms with Crippen molar-refractivity contribution in [2.75, 3.05) is 0 Å². The molecule has 0 radical (unpaired) electrons. The minimum Gasteiger partial charge on any atom is -0.392 e. The molecule has 2 nitrogen and oxygen atoms in total. The van der Waals surface area contributed by atoms with E-state index in [0.717, 1.165) is 27.1 Å². The lowest BCUT2D eigenvalue weighted by Crippen LogP contribution is -1.99. The minimum absolute atomic E-state index is 0.0935. The van der Waals surface area contributed by atoms with Crippen molar-refractivity contribution in [3.63, 3.8) is 0 Å². The van der Waals surface area contributed by atoms with Crippen LogP contribution in [0.15, 0.2) is 34.8 Å². The molecule has 0 amide bonds. The van der Waals surface area contributed by atoms with Crippen LogP contribution in [0.5, 0.6) is 0 Å². The summed E-state index contributed by atoms with van der Waals surface area (Å²) in [5.41, 5.74) is 4.35. The summed E-state index contributed by atoms with van der Waals surface area (Å²) >= 11 is 3.42. The molecule has 1 heterocycles. The standard InChI is InChI=1S/C13H14BrNO/c1-9-7-11(8-16)10(2)15(9)13-5-3-12(14)4-6-13/h3-7,16H,8H2,1-2H3. The third-order valence-corrected chi connectivity index (χ3v) is 3.32. The van der Waals surface area contributed by atoms with Gasteiger partial charge in [0.15, 0.2) is 0 Å². The van der Waals surface area contributed by atoms with Crippen molar-refractivity contribution in [2.45, 2.75) is 20.5 Å². The van der Waals surface area contributed by atoms with E-state index in [1.807, 2.05) is 32.0 Å². The first-order chi connectivity index (χ1) is 7.63. The molecule has 1 aromatic heterocycles. The molecule has 1 aromatic carbocycles. The van der Waals surface area contributed by atoms with Crippen LogP contribution in [0.1, 0.15) is 17.0 Å². The van der Waals surface area contributed by atoms with Crippen molar-refractivity contribution in [1.29, 1.82) is 0 Å². The maximum atomic E-state index is 9.23. The Labute approximate surface area is 104 Å². The highest BCUT2D eigenvalue weighted by atomic mass is 79.9. The van der Waals surface area contributed by atoms with Crippen molar-refractivity contribution >= 4 is 15.9 Å². The summed E-state index contributed by atoms with van der Waals surface area (Å²) in [6.45, 7) is 4.17. The Morgan fingerprint density at radius 2 is 1.81 bits per heavy atom. The third-order valence-electron chi connectivity index (χ3n) is 2.79. The van der Waals surface area contributed by atoms with Gasteiger partial charge in [0.2, 0.25) is 0 Å². The summed E-state index contributed by atoms with van der Waals surface area (Å²) in [4.78, 5) is 0. The number of halogens is 1. The van der Waals surface area contributed by atoms with Crippen LogP contribution in [0, 0.1) is 13.8 Å². The average Bonchev–Trinajstić information content (AvgIpc) is 2.56. The summed E-state index contributed by atoms with van der Waals surface area (Å²) in [6.07, 6.45) is 0. The van der Waals surface area contributed by atoms with Gasteiger partial charge in [0.1, 0.15) is 0 Å². The number of hydrogen-bond acceptors (Lipinski definition) is 1. The van der Waals surface area contributed by atoms with E-state index in [1.165, 1.54) is 0 Å². The first kappa shape index (κ1) is 11.4. The fourth-order valence-corrected chi connectivity index (χ4v) is 2.24. The molecule has 3 heteroatoms. The minimum atomic E-state index is 0.0935. The summed E-state index contributed by atoms with van der Waals surface area (Å²) in [7, 11) is 0. The molecule has 0 unspecified atom stereocenters. The zero-order valence-electron chi connectivity index (χ0n) is 9.37. The van der Waals surface area contributed by atoms with Gasteiger partial charge >= 0.3 is 0 Å². The first-order valence-electron chi connectivity index (χ1n) is 5.18. The molecular formula is C13H14BrNO. The van der Waals surface area contributed by atoms with Crippen LogP contribution >= 0.6 is 15.9 Å². The van der Waals surface area contributed by atoms with Crippen LogP contribution in [0.3, 0.4) is 0 Å². The van der Waals surface area contributed by atoms with Crippen LogP contribution in [-0.2, 0) is 6.61 Å². The fourth-order valence-electron chi connectivity index (χ4n) is 1.98. The second kappa shape index (κ2) is 4.44. The Hall–Kier alpha value is -1.06. The van der Waals surface area contributed by atoms with E-state index in [-0.39, 0.29) is 6.61 Å². The first-order valence-corrected chi connectivity index (χ1v) is 5.97. The molecule has 0 atom stereocenters. The van der Waals surface area contributed by atoms with Gasteiger partial charge in [-0.05, 0) is 49.7 Å². The van der Waals surface area contributed by atoms with Crippen LogP contribution in [0.25, 0.3) is 5.69 Å². The van der Waals surface area contributed by atoms with Gasteiger partial charge in [0.05, 0.1) is 6.61 Å². The zero-order chi connectivity index (χ0) is 11.7. The van der Waals surface area contributed by atoms with Crippen molar-refractivity contribution in [3.05, 3.63) is 51.8 Å². The van der Waals surface area contributed by atoms with E-state index in [9.17, 15) is 5.11 Å². The molecule has 0 aliphatic heterocycles. The molecule has 16 heavy (non-hydrogen) atoms. The second-order valence-corrected chi connectivity index (χ2v) is 4.78. The predicted molar refractivity (Wildman–Crippen MR) is 68.9 cm³/mol. The Kier molecular flexibility index (Phi) is 3.17. The molecule has 0 bridgehead atoms. The molecule has 2 rings (SSSR count). The summed E-state index contributed by atoms with van der Waals surface area (Å²) < 4.78 is 3.22. The smallest absolute Gasteiger partial charge is 0.0699 e. The topological polar surface area (TPSA) is 25.2 Å². The lowest BCUT2D eigenvalue weighted by Gasteiger charge is -2.09. The number of hydrogen-bond donors (Lipinski definition) is 1. The monoisotopic (exact) mass is 279 g/mol. The normalized spacial score (nSPS) is 10.8. The van der Waals surface area contributed by atoms with Gasteiger partial charge in [-0.15, -0.1) is 0 Å². The van der Waals surface area contributed by atoms with Crippen LogP contribution < -0.4 is 0 Å². The molecule has 84 valence electrons. The fraction of sp³-hybridized carbons (Fsp3) is 0.231. The van der Waals surface area contributed by atoms with Crippen molar-refractivity contribution in [1.82, 2.24) is 4.57 Å². The number of nitrogens with zero attached hydrogens (tertiary/aromatic N) is 1. The molecule has 0 aliphatic carbocycles.